The third-order valence-corrected chi connectivity index (χ3v) is 0.667. The van der Waals surface area contributed by atoms with Crippen molar-refractivity contribution in [2.24, 2.45) is 5.90 Å². The zero-order chi connectivity index (χ0) is 6.24. The van der Waals surface area contributed by atoms with Crippen molar-refractivity contribution in [2.75, 3.05) is 0 Å². The molecule has 0 radical (unpaired) electrons. The number of benzene rings is 1. The molecule has 3 heteroatoms. The van der Waals surface area contributed by atoms with Crippen LogP contribution in [0.1, 0.15) is 0 Å². The average Bonchev–Trinajstić information content (AvgIpc) is 1.96. The molecule has 0 heterocycles. The van der Waals surface area contributed by atoms with Crippen LogP contribution in [0.5, 0.6) is 0 Å². The van der Waals surface area contributed by atoms with Crippen LogP contribution in [0.3, 0.4) is 0 Å². The summed E-state index contributed by atoms with van der Waals surface area (Å²) in [7, 11) is 0. The standard InChI is InChI=1S/C6H6.ClH.H3NO/c1-2-4-6-5-3-1;;1-2/h1-6H;1H;2H,1H2. The Hall–Kier alpha value is -0.570. The molecule has 0 fully saturated rings. The molecule has 52 valence electrons. The van der Waals surface area contributed by atoms with E-state index in [1.165, 1.54) is 0 Å². The summed E-state index contributed by atoms with van der Waals surface area (Å²) in [6, 6.07) is 12.0. The lowest BCUT2D eigenvalue weighted by Crippen LogP contribution is -1.72. The van der Waals surface area contributed by atoms with Gasteiger partial charge in [0.05, 0.1) is 0 Å². The van der Waals surface area contributed by atoms with Crippen LogP contribution in [-0.4, -0.2) is 5.21 Å². The van der Waals surface area contributed by atoms with E-state index < -0.39 is 0 Å². The van der Waals surface area contributed by atoms with Crippen LogP contribution in [0.2, 0.25) is 0 Å². The molecule has 1 rings (SSSR count). The minimum absolute atomic E-state index is 0. The van der Waals surface area contributed by atoms with Crippen molar-refractivity contribution in [1.82, 2.24) is 0 Å². The molecule has 0 amide bonds. The molecule has 0 saturated carbocycles. The molecule has 0 spiro atoms. The summed E-state index contributed by atoms with van der Waals surface area (Å²) in [5, 5.41) is 6.50. The van der Waals surface area contributed by atoms with E-state index in [4.69, 9.17) is 5.21 Å². The first-order valence-corrected chi connectivity index (χ1v) is 2.26. The van der Waals surface area contributed by atoms with E-state index in [2.05, 4.69) is 5.90 Å². The van der Waals surface area contributed by atoms with Crippen molar-refractivity contribution >= 4 is 12.4 Å². The predicted molar refractivity (Wildman–Crippen MR) is 39.7 cm³/mol. The molecular formula is C6H10ClNO. The summed E-state index contributed by atoms with van der Waals surface area (Å²) in [6.07, 6.45) is 0. The summed E-state index contributed by atoms with van der Waals surface area (Å²) >= 11 is 0. The zero-order valence-corrected chi connectivity index (χ0v) is 5.71. The summed E-state index contributed by atoms with van der Waals surface area (Å²) in [6.45, 7) is 0. The van der Waals surface area contributed by atoms with Crippen LogP contribution in [-0.2, 0) is 0 Å². The molecule has 0 bridgehead atoms. The van der Waals surface area contributed by atoms with E-state index in [1.807, 2.05) is 36.4 Å². The second-order valence-corrected chi connectivity index (χ2v) is 1.15. The van der Waals surface area contributed by atoms with Gasteiger partial charge in [-0.3, -0.25) is 0 Å². The maximum atomic E-state index is 6.50. The summed E-state index contributed by atoms with van der Waals surface area (Å²) in [4.78, 5) is 0. The Balaban J connectivity index is 0. The quantitative estimate of drug-likeness (QED) is 0.546. The second-order valence-electron chi connectivity index (χ2n) is 1.15. The Morgan fingerprint density at radius 3 is 0.889 bits per heavy atom. The van der Waals surface area contributed by atoms with Crippen molar-refractivity contribution in [3.63, 3.8) is 0 Å². The smallest absolute Gasteiger partial charge is 0.0623 e. The molecule has 0 aliphatic rings. The normalized spacial score (nSPS) is 6.00. The van der Waals surface area contributed by atoms with Gasteiger partial charge in [0.2, 0.25) is 0 Å². The molecule has 1 aromatic carbocycles. The molecule has 0 aliphatic heterocycles. The number of nitrogens with two attached hydrogens (primary N) is 1. The van der Waals surface area contributed by atoms with Gasteiger partial charge in [0.25, 0.3) is 0 Å². The van der Waals surface area contributed by atoms with Gasteiger partial charge in [-0.15, -0.1) is 12.4 Å². The van der Waals surface area contributed by atoms with Gasteiger partial charge < -0.3 is 5.21 Å². The van der Waals surface area contributed by atoms with Gasteiger partial charge in [0.1, 0.15) is 0 Å². The van der Waals surface area contributed by atoms with Gasteiger partial charge >= 0.3 is 0 Å². The topological polar surface area (TPSA) is 46.2 Å². The average molecular weight is 148 g/mol. The summed E-state index contributed by atoms with van der Waals surface area (Å²) < 4.78 is 0. The van der Waals surface area contributed by atoms with Crippen LogP contribution in [0.15, 0.2) is 36.4 Å². The number of hydrogen-bond donors (Lipinski definition) is 2. The largest absolute Gasteiger partial charge is 0.320 e. The number of hydrogen-bond acceptors (Lipinski definition) is 2. The molecule has 2 nitrogen and oxygen atoms in total. The first-order chi connectivity index (χ1) is 4.00. The van der Waals surface area contributed by atoms with E-state index >= 15 is 0 Å². The van der Waals surface area contributed by atoms with Gasteiger partial charge in [0, 0.05) is 0 Å². The van der Waals surface area contributed by atoms with Crippen molar-refractivity contribution in [3.05, 3.63) is 36.4 Å². The lowest BCUT2D eigenvalue weighted by atomic mass is 10.4. The highest BCUT2D eigenvalue weighted by Gasteiger charge is 1.57. The highest BCUT2D eigenvalue weighted by atomic mass is 35.5. The second kappa shape index (κ2) is 10.4. The third kappa shape index (κ3) is 7.43. The minimum atomic E-state index is 0. The molecule has 0 saturated heterocycles. The van der Waals surface area contributed by atoms with Crippen molar-refractivity contribution < 1.29 is 5.21 Å². The Labute approximate surface area is 60.7 Å². The van der Waals surface area contributed by atoms with Crippen molar-refractivity contribution in [1.29, 1.82) is 0 Å². The lowest BCUT2D eigenvalue weighted by Gasteiger charge is -1.69. The Morgan fingerprint density at radius 2 is 0.778 bits per heavy atom. The fourth-order valence-electron chi connectivity index (χ4n) is 0.385. The summed E-state index contributed by atoms with van der Waals surface area (Å²) in [5.74, 6) is 3.50. The predicted octanol–water partition coefficient (Wildman–Crippen LogP) is 1.44. The molecule has 0 unspecified atom stereocenters. The fourth-order valence-corrected chi connectivity index (χ4v) is 0.385. The monoisotopic (exact) mass is 147 g/mol. The molecule has 1 aromatic rings. The van der Waals surface area contributed by atoms with Gasteiger partial charge in [-0.25, -0.2) is 5.90 Å². The van der Waals surface area contributed by atoms with Crippen molar-refractivity contribution in [2.45, 2.75) is 0 Å². The molecular weight excluding hydrogens is 138 g/mol. The highest BCUT2D eigenvalue weighted by Crippen LogP contribution is 1.79. The first-order valence-electron chi connectivity index (χ1n) is 2.26. The Bertz CT molecular complexity index is 85.0. The third-order valence-electron chi connectivity index (χ3n) is 0.667. The van der Waals surface area contributed by atoms with Crippen LogP contribution in [0.25, 0.3) is 0 Å². The SMILES string of the molecule is Cl.NO.c1ccccc1. The molecule has 3 N–H and O–H groups in total. The summed E-state index contributed by atoms with van der Waals surface area (Å²) in [5.41, 5.74) is 0. The van der Waals surface area contributed by atoms with E-state index in [0.717, 1.165) is 0 Å². The van der Waals surface area contributed by atoms with Gasteiger partial charge in [0.15, 0.2) is 0 Å². The van der Waals surface area contributed by atoms with Gasteiger partial charge in [-0.05, 0) is 0 Å². The van der Waals surface area contributed by atoms with Crippen LogP contribution in [0.4, 0.5) is 0 Å². The van der Waals surface area contributed by atoms with E-state index in [-0.39, 0.29) is 12.4 Å². The van der Waals surface area contributed by atoms with Gasteiger partial charge in [-0.2, -0.15) is 0 Å². The minimum Gasteiger partial charge on any atom is -0.320 e. The molecule has 0 aromatic heterocycles. The lowest BCUT2D eigenvalue weighted by molar-refractivity contribution is 0.311. The van der Waals surface area contributed by atoms with Crippen LogP contribution >= 0.6 is 12.4 Å². The Morgan fingerprint density at radius 1 is 0.667 bits per heavy atom. The van der Waals surface area contributed by atoms with E-state index in [9.17, 15) is 0 Å². The Kier molecular flexibility index (Phi) is 13.0. The van der Waals surface area contributed by atoms with Gasteiger partial charge in [-0.1, -0.05) is 36.4 Å². The van der Waals surface area contributed by atoms with E-state index in [1.54, 1.807) is 0 Å². The van der Waals surface area contributed by atoms with Crippen LogP contribution < -0.4 is 5.90 Å². The molecule has 0 aliphatic carbocycles. The number of rotatable bonds is 0. The van der Waals surface area contributed by atoms with Crippen molar-refractivity contribution in [3.8, 4) is 0 Å². The molecule has 0 atom stereocenters. The maximum Gasteiger partial charge on any atom is -0.0623 e. The highest BCUT2D eigenvalue weighted by molar-refractivity contribution is 5.85. The van der Waals surface area contributed by atoms with E-state index in [0.29, 0.717) is 0 Å². The fraction of sp³-hybridized carbons (Fsp3) is 0. The zero-order valence-electron chi connectivity index (χ0n) is 4.90. The first kappa shape index (κ1) is 11.3. The van der Waals surface area contributed by atoms with Crippen LogP contribution in [0, 0.1) is 0 Å². The maximum absolute atomic E-state index is 6.50. The molecule has 9 heavy (non-hydrogen) atoms. The number of halogens is 1.